The van der Waals surface area contributed by atoms with Crippen molar-refractivity contribution in [2.75, 3.05) is 19.8 Å². The fourth-order valence-corrected chi connectivity index (χ4v) is 2.71. The van der Waals surface area contributed by atoms with Crippen LogP contribution in [-0.4, -0.2) is 40.7 Å². The molecule has 0 radical (unpaired) electrons. The maximum atomic E-state index is 11.9. The SMILES string of the molecule is Cn1cc(-c2ncccc2CNC(=O)OCC2CCOCC2)cn1. The molecular formula is C17H22N4O3. The molecule has 0 atom stereocenters. The first-order chi connectivity index (χ1) is 11.7. The lowest BCUT2D eigenvalue weighted by molar-refractivity contribution is 0.0379. The van der Waals surface area contributed by atoms with Crippen molar-refractivity contribution in [3.05, 3.63) is 36.3 Å². The number of amides is 1. The molecule has 128 valence electrons. The van der Waals surface area contributed by atoms with E-state index in [1.807, 2.05) is 25.4 Å². The highest BCUT2D eigenvalue weighted by Gasteiger charge is 2.16. The summed E-state index contributed by atoms with van der Waals surface area (Å²) in [5.74, 6) is 0.397. The van der Waals surface area contributed by atoms with Gasteiger partial charge in [-0.2, -0.15) is 5.10 Å². The summed E-state index contributed by atoms with van der Waals surface area (Å²) in [5.41, 5.74) is 2.66. The summed E-state index contributed by atoms with van der Waals surface area (Å²) in [6.45, 7) is 2.31. The van der Waals surface area contributed by atoms with Crippen molar-refractivity contribution in [1.29, 1.82) is 0 Å². The lowest BCUT2D eigenvalue weighted by Crippen LogP contribution is -2.28. The smallest absolute Gasteiger partial charge is 0.407 e. The van der Waals surface area contributed by atoms with Crippen molar-refractivity contribution in [3.8, 4) is 11.3 Å². The highest BCUT2D eigenvalue weighted by Crippen LogP contribution is 2.20. The molecule has 7 nitrogen and oxygen atoms in total. The van der Waals surface area contributed by atoms with E-state index in [4.69, 9.17) is 9.47 Å². The molecule has 0 spiro atoms. The molecule has 3 rings (SSSR count). The zero-order valence-corrected chi connectivity index (χ0v) is 13.8. The largest absolute Gasteiger partial charge is 0.449 e. The average molecular weight is 330 g/mol. The highest BCUT2D eigenvalue weighted by molar-refractivity contribution is 5.68. The van der Waals surface area contributed by atoms with E-state index >= 15 is 0 Å². The molecule has 3 heterocycles. The van der Waals surface area contributed by atoms with Gasteiger partial charge in [-0.15, -0.1) is 0 Å². The molecule has 1 aliphatic rings. The molecule has 0 aromatic carbocycles. The van der Waals surface area contributed by atoms with Gasteiger partial charge in [-0.25, -0.2) is 4.79 Å². The molecule has 1 fully saturated rings. The first-order valence-corrected chi connectivity index (χ1v) is 8.13. The van der Waals surface area contributed by atoms with Crippen molar-refractivity contribution in [2.45, 2.75) is 19.4 Å². The lowest BCUT2D eigenvalue weighted by atomic mass is 10.0. The van der Waals surface area contributed by atoms with Gasteiger partial charge in [0, 0.05) is 44.8 Å². The number of aromatic nitrogens is 3. The van der Waals surface area contributed by atoms with Gasteiger partial charge >= 0.3 is 6.09 Å². The van der Waals surface area contributed by atoms with Crippen molar-refractivity contribution in [3.63, 3.8) is 0 Å². The molecule has 0 unspecified atom stereocenters. The Labute approximate surface area is 141 Å². The van der Waals surface area contributed by atoms with Crippen LogP contribution in [0.1, 0.15) is 18.4 Å². The Bertz CT molecular complexity index is 680. The predicted molar refractivity (Wildman–Crippen MR) is 88.2 cm³/mol. The van der Waals surface area contributed by atoms with Crippen molar-refractivity contribution in [1.82, 2.24) is 20.1 Å². The first kappa shape index (κ1) is 16.4. The third-order valence-electron chi connectivity index (χ3n) is 4.08. The zero-order chi connectivity index (χ0) is 16.8. The second-order valence-electron chi connectivity index (χ2n) is 5.92. The van der Waals surface area contributed by atoms with E-state index in [2.05, 4.69) is 15.4 Å². The summed E-state index contributed by atoms with van der Waals surface area (Å²) >= 11 is 0. The summed E-state index contributed by atoms with van der Waals surface area (Å²) in [4.78, 5) is 16.3. The quantitative estimate of drug-likeness (QED) is 0.909. The van der Waals surface area contributed by atoms with E-state index in [1.54, 1.807) is 17.1 Å². The maximum Gasteiger partial charge on any atom is 0.407 e. The van der Waals surface area contributed by atoms with Gasteiger partial charge in [0.2, 0.25) is 0 Å². The Balaban J connectivity index is 1.53. The Hall–Kier alpha value is -2.41. The fourth-order valence-electron chi connectivity index (χ4n) is 2.71. The van der Waals surface area contributed by atoms with Crippen molar-refractivity contribution >= 4 is 6.09 Å². The summed E-state index contributed by atoms with van der Waals surface area (Å²) in [7, 11) is 1.86. The van der Waals surface area contributed by atoms with Gasteiger partial charge in [-0.1, -0.05) is 6.07 Å². The molecule has 0 saturated carbocycles. The van der Waals surface area contributed by atoms with Gasteiger partial charge in [0.25, 0.3) is 0 Å². The van der Waals surface area contributed by atoms with Crippen LogP contribution in [0.15, 0.2) is 30.7 Å². The van der Waals surface area contributed by atoms with Crippen LogP contribution in [0.2, 0.25) is 0 Å². The third-order valence-corrected chi connectivity index (χ3v) is 4.08. The number of alkyl carbamates (subject to hydrolysis) is 1. The molecule has 7 heteroatoms. The van der Waals surface area contributed by atoms with E-state index in [9.17, 15) is 4.79 Å². The number of aryl methyl sites for hydroxylation is 1. The zero-order valence-electron chi connectivity index (χ0n) is 13.8. The second kappa shape index (κ2) is 7.92. The lowest BCUT2D eigenvalue weighted by Gasteiger charge is -2.21. The van der Waals surface area contributed by atoms with Crippen LogP contribution in [0.5, 0.6) is 0 Å². The molecule has 1 aliphatic heterocycles. The molecule has 0 aliphatic carbocycles. The van der Waals surface area contributed by atoms with E-state index in [0.29, 0.717) is 19.1 Å². The van der Waals surface area contributed by atoms with Crippen LogP contribution in [0.25, 0.3) is 11.3 Å². The number of carbonyl (C=O) groups excluding carboxylic acids is 1. The average Bonchev–Trinajstić information content (AvgIpc) is 3.05. The number of nitrogens with zero attached hydrogens (tertiary/aromatic N) is 3. The number of nitrogens with one attached hydrogen (secondary N) is 1. The number of pyridine rings is 1. The fraction of sp³-hybridized carbons (Fsp3) is 0.471. The molecule has 1 saturated heterocycles. The Kier molecular flexibility index (Phi) is 5.43. The normalized spacial score (nSPS) is 15.2. The van der Waals surface area contributed by atoms with Gasteiger partial charge < -0.3 is 14.8 Å². The Morgan fingerprint density at radius 2 is 2.29 bits per heavy atom. The Morgan fingerprint density at radius 3 is 3.04 bits per heavy atom. The summed E-state index contributed by atoms with van der Waals surface area (Å²) < 4.78 is 12.3. The van der Waals surface area contributed by atoms with Crippen LogP contribution in [0, 0.1) is 5.92 Å². The van der Waals surface area contributed by atoms with Crippen LogP contribution < -0.4 is 5.32 Å². The van der Waals surface area contributed by atoms with Crippen LogP contribution in [-0.2, 0) is 23.1 Å². The topological polar surface area (TPSA) is 78.3 Å². The molecule has 1 N–H and O–H groups in total. The van der Waals surface area contributed by atoms with Crippen molar-refractivity contribution in [2.24, 2.45) is 13.0 Å². The number of hydrogen-bond acceptors (Lipinski definition) is 5. The number of ether oxygens (including phenoxy) is 2. The minimum Gasteiger partial charge on any atom is -0.449 e. The van der Waals surface area contributed by atoms with Gasteiger partial charge in [0.05, 0.1) is 18.5 Å². The minimum atomic E-state index is -0.400. The summed E-state index contributed by atoms with van der Waals surface area (Å²) in [6, 6.07) is 3.79. The van der Waals surface area contributed by atoms with Crippen LogP contribution in [0.3, 0.4) is 0 Å². The number of rotatable bonds is 5. The molecular weight excluding hydrogens is 308 g/mol. The van der Waals surface area contributed by atoms with Gasteiger partial charge in [-0.05, 0) is 30.4 Å². The molecule has 2 aromatic rings. The molecule has 2 aromatic heterocycles. The highest BCUT2D eigenvalue weighted by atomic mass is 16.5. The molecule has 1 amide bonds. The maximum absolute atomic E-state index is 11.9. The van der Waals surface area contributed by atoms with Crippen LogP contribution >= 0.6 is 0 Å². The molecule has 24 heavy (non-hydrogen) atoms. The van der Waals surface area contributed by atoms with Crippen LogP contribution in [0.4, 0.5) is 4.79 Å². The summed E-state index contributed by atoms with van der Waals surface area (Å²) in [6.07, 6.45) is 6.88. The van der Waals surface area contributed by atoms with E-state index in [1.165, 1.54) is 0 Å². The standard InChI is InChI=1S/C17H22N4O3/c1-21-11-15(10-20-21)16-14(3-2-6-18-16)9-19-17(22)24-12-13-4-7-23-8-5-13/h2-3,6,10-11,13H,4-5,7-9,12H2,1H3,(H,19,22). The predicted octanol–water partition coefficient (Wildman–Crippen LogP) is 2.13. The number of hydrogen-bond donors (Lipinski definition) is 1. The first-order valence-electron chi connectivity index (χ1n) is 8.13. The van der Waals surface area contributed by atoms with Gasteiger partial charge in [-0.3, -0.25) is 9.67 Å². The Morgan fingerprint density at radius 1 is 1.46 bits per heavy atom. The van der Waals surface area contributed by atoms with Gasteiger partial charge in [0.15, 0.2) is 0 Å². The van der Waals surface area contributed by atoms with E-state index in [0.717, 1.165) is 42.9 Å². The third kappa shape index (κ3) is 4.32. The van der Waals surface area contributed by atoms with Gasteiger partial charge in [0.1, 0.15) is 0 Å². The van der Waals surface area contributed by atoms with Crippen molar-refractivity contribution < 1.29 is 14.3 Å². The van der Waals surface area contributed by atoms with E-state index < -0.39 is 6.09 Å². The summed E-state index contributed by atoms with van der Waals surface area (Å²) in [5, 5.41) is 6.96. The monoisotopic (exact) mass is 330 g/mol. The second-order valence-corrected chi connectivity index (χ2v) is 5.92. The molecule has 0 bridgehead atoms. The number of carbonyl (C=O) groups is 1. The minimum absolute atomic E-state index is 0.366. The van der Waals surface area contributed by atoms with E-state index in [-0.39, 0.29) is 0 Å².